The highest BCUT2D eigenvalue weighted by Crippen LogP contribution is 2.25. The number of aliphatic hydroxyl groups is 1. The van der Waals surface area contributed by atoms with Gasteiger partial charge in [-0.15, -0.1) is 0 Å². The normalized spacial score (nSPS) is 16.3. The van der Waals surface area contributed by atoms with E-state index in [1.165, 1.54) is 13.8 Å². The maximum atomic E-state index is 12.6. The number of hydrogen-bond acceptors (Lipinski definition) is 9. The fourth-order valence-electron chi connectivity index (χ4n) is 2.66. The van der Waals surface area contributed by atoms with Crippen LogP contribution in [0.2, 0.25) is 0 Å². The minimum absolute atomic E-state index is 0.0955. The van der Waals surface area contributed by atoms with Gasteiger partial charge in [0.05, 0.1) is 0 Å². The lowest BCUT2D eigenvalue weighted by atomic mass is 10.1. The Morgan fingerprint density at radius 2 is 1.66 bits per heavy atom. The van der Waals surface area contributed by atoms with Gasteiger partial charge in [0.15, 0.2) is 5.57 Å². The van der Waals surface area contributed by atoms with E-state index >= 15 is 0 Å². The van der Waals surface area contributed by atoms with Gasteiger partial charge < -0.3 is 29.4 Å². The van der Waals surface area contributed by atoms with Gasteiger partial charge in [-0.2, -0.15) is 0 Å². The predicted molar refractivity (Wildman–Crippen MR) is 110 cm³/mol. The van der Waals surface area contributed by atoms with E-state index in [0.717, 1.165) is 0 Å². The molecule has 1 atom stereocenters. The molecule has 1 unspecified atom stereocenters. The molecule has 0 aromatic heterocycles. The molecule has 10 heteroatoms. The van der Waals surface area contributed by atoms with Crippen molar-refractivity contribution >= 4 is 24.0 Å². The van der Waals surface area contributed by atoms with E-state index in [9.17, 15) is 24.3 Å². The summed E-state index contributed by atoms with van der Waals surface area (Å²) in [7, 11) is 0. The molecule has 1 fully saturated rings. The van der Waals surface area contributed by atoms with Gasteiger partial charge in [-0.1, -0.05) is 30.3 Å². The zero-order valence-corrected chi connectivity index (χ0v) is 18.6. The predicted octanol–water partition coefficient (Wildman–Crippen LogP) is 2.66. The summed E-state index contributed by atoms with van der Waals surface area (Å²) in [6.45, 7) is 7.50. The fourth-order valence-corrected chi connectivity index (χ4v) is 2.66. The molecule has 1 saturated heterocycles. The van der Waals surface area contributed by atoms with Gasteiger partial charge in [-0.05, 0) is 26.3 Å². The summed E-state index contributed by atoms with van der Waals surface area (Å²) in [6.07, 6.45) is -1.58. The molecule has 2 rings (SSSR count). The molecule has 174 valence electrons. The van der Waals surface area contributed by atoms with Gasteiger partial charge in [0.1, 0.15) is 24.0 Å². The van der Waals surface area contributed by atoms with E-state index in [-0.39, 0.29) is 6.61 Å². The van der Waals surface area contributed by atoms with Gasteiger partial charge in [0.2, 0.25) is 0 Å². The number of esters is 3. The van der Waals surface area contributed by atoms with Crippen LogP contribution in [0.1, 0.15) is 46.6 Å². The van der Waals surface area contributed by atoms with Gasteiger partial charge in [0.25, 0.3) is 5.79 Å². The van der Waals surface area contributed by atoms with Crippen LogP contribution in [0, 0.1) is 0 Å². The Balaban J connectivity index is 2.21. The van der Waals surface area contributed by atoms with Gasteiger partial charge in [-0.3, -0.25) is 0 Å². The zero-order valence-electron chi connectivity index (χ0n) is 18.6. The lowest BCUT2D eigenvalue weighted by Crippen LogP contribution is -2.45. The molecule has 10 nitrogen and oxygen atoms in total. The molecule has 1 aromatic carbocycles. The van der Waals surface area contributed by atoms with Crippen molar-refractivity contribution in [2.75, 3.05) is 0 Å². The number of alkyl carbamates (subject to hydrolysis) is 1. The number of aliphatic hydroxyl groups excluding tert-OH is 1. The Bertz CT molecular complexity index is 891. The summed E-state index contributed by atoms with van der Waals surface area (Å²) in [5, 5.41) is 12.7. The lowest BCUT2D eigenvalue weighted by Gasteiger charge is -2.30. The van der Waals surface area contributed by atoms with Crippen LogP contribution < -0.4 is 5.32 Å². The number of rotatable bonds is 6. The standard InChI is InChI=1S/C22H27NO9/c1-21(2,3)32-20(28)23-14(17(25)29-12-13-9-7-6-8-10-13)11-15(24)16-18(26)30-22(4,5)31-19(16)27/h6-10,14,24H,11-12H2,1-5H3,(H,23,28). The maximum Gasteiger partial charge on any atom is 0.408 e. The molecule has 1 aliphatic heterocycles. The molecule has 1 heterocycles. The highest BCUT2D eigenvalue weighted by Gasteiger charge is 2.42. The maximum absolute atomic E-state index is 12.6. The first-order valence-electron chi connectivity index (χ1n) is 9.86. The summed E-state index contributed by atoms with van der Waals surface area (Å²) in [5.74, 6) is -5.44. The third-order valence-corrected chi connectivity index (χ3v) is 3.97. The Labute approximate surface area is 185 Å². The molecular weight excluding hydrogens is 422 g/mol. The van der Waals surface area contributed by atoms with Crippen LogP contribution in [-0.4, -0.2) is 46.5 Å². The average Bonchev–Trinajstić information content (AvgIpc) is 2.63. The van der Waals surface area contributed by atoms with Crippen molar-refractivity contribution in [3.8, 4) is 0 Å². The van der Waals surface area contributed by atoms with Crippen molar-refractivity contribution < 1.29 is 43.2 Å². The van der Waals surface area contributed by atoms with E-state index in [1.54, 1.807) is 51.1 Å². The largest absolute Gasteiger partial charge is 0.511 e. The first-order valence-corrected chi connectivity index (χ1v) is 9.86. The van der Waals surface area contributed by atoms with Crippen LogP contribution in [-0.2, 0) is 39.9 Å². The number of ether oxygens (including phenoxy) is 4. The molecule has 32 heavy (non-hydrogen) atoms. The number of hydrogen-bond donors (Lipinski definition) is 2. The van der Waals surface area contributed by atoms with E-state index in [1.807, 2.05) is 0 Å². The van der Waals surface area contributed by atoms with Crippen molar-refractivity contribution in [2.45, 2.75) is 65.1 Å². The summed E-state index contributed by atoms with van der Waals surface area (Å²) >= 11 is 0. The summed E-state index contributed by atoms with van der Waals surface area (Å²) in [6, 6.07) is 7.33. The molecule has 0 aliphatic carbocycles. The monoisotopic (exact) mass is 449 g/mol. The van der Waals surface area contributed by atoms with Crippen molar-refractivity contribution in [3.63, 3.8) is 0 Å². The first-order chi connectivity index (χ1) is 14.8. The number of benzene rings is 1. The third-order valence-electron chi connectivity index (χ3n) is 3.97. The lowest BCUT2D eigenvalue weighted by molar-refractivity contribution is -0.222. The number of carbonyl (C=O) groups excluding carboxylic acids is 4. The molecule has 0 saturated carbocycles. The van der Waals surface area contributed by atoms with Gasteiger partial charge in [-0.25, -0.2) is 19.2 Å². The second-order valence-corrected chi connectivity index (χ2v) is 8.50. The topological polar surface area (TPSA) is 137 Å². The van der Waals surface area contributed by atoms with Crippen molar-refractivity contribution in [1.29, 1.82) is 0 Å². The molecule has 2 N–H and O–H groups in total. The quantitative estimate of drug-likeness (QED) is 0.221. The first kappa shape index (κ1) is 24.7. The molecule has 1 aliphatic rings. The minimum Gasteiger partial charge on any atom is -0.511 e. The van der Waals surface area contributed by atoms with Crippen molar-refractivity contribution in [2.24, 2.45) is 0 Å². The molecule has 1 aromatic rings. The Morgan fingerprint density at radius 1 is 1.09 bits per heavy atom. The van der Waals surface area contributed by atoms with Crippen molar-refractivity contribution in [3.05, 3.63) is 47.2 Å². The van der Waals surface area contributed by atoms with Crippen LogP contribution >= 0.6 is 0 Å². The minimum atomic E-state index is -1.50. The van der Waals surface area contributed by atoms with Gasteiger partial charge >= 0.3 is 24.0 Å². The van der Waals surface area contributed by atoms with E-state index in [0.29, 0.717) is 5.56 Å². The Morgan fingerprint density at radius 3 is 2.19 bits per heavy atom. The fraction of sp³-hybridized carbons (Fsp3) is 0.455. The van der Waals surface area contributed by atoms with Crippen LogP contribution in [0.25, 0.3) is 0 Å². The number of nitrogens with one attached hydrogen (secondary N) is 1. The zero-order chi connectivity index (χ0) is 24.1. The highest BCUT2D eigenvalue weighted by atomic mass is 16.7. The van der Waals surface area contributed by atoms with Crippen LogP contribution in [0.5, 0.6) is 0 Å². The summed E-state index contributed by atoms with van der Waals surface area (Å²) < 4.78 is 20.2. The summed E-state index contributed by atoms with van der Waals surface area (Å²) in [5.41, 5.74) is -0.927. The molecule has 1 amide bonds. The number of amides is 1. The molecular formula is C22H27NO9. The molecule has 0 spiro atoms. The molecule has 0 radical (unpaired) electrons. The Kier molecular flexibility index (Phi) is 7.50. The highest BCUT2D eigenvalue weighted by molar-refractivity contribution is 6.15. The van der Waals surface area contributed by atoms with Crippen LogP contribution in [0.3, 0.4) is 0 Å². The smallest absolute Gasteiger partial charge is 0.408 e. The van der Waals surface area contributed by atoms with Crippen molar-refractivity contribution in [1.82, 2.24) is 5.32 Å². The second-order valence-electron chi connectivity index (χ2n) is 8.50. The van der Waals surface area contributed by atoms with E-state index in [2.05, 4.69) is 5.32 Å². The number of carbonyl (C=O) groups is 4. The van der Waals surface area contributed by atoms with Gasteiger partial charge in [0, 0.05) is 20.3 Å². The number of cyclic esters (lactones) is 2. The van der Waals surface area contributed by atoms with E-state index < -0.39 is 59.2 Å². The average molecular weight is 449 g/mol. The van der Waals surface area contributed by atoms with Crippen LogP contribution in [0.15, 0.2) is 41.7 Å². The van der Waals surface area contributed by atoms with E-state index in [4.69, 9.17) is 18.9 Å². The third kappa shape index (κ3) is 7.29. The molecule has 0 bridgehead atoms. The van der Waals surface area contributed by atoms with Crippen LogP contribution in [0.4, 0.5) is 4.79 Å². The Hall–Kier alpha value is -3.56. The second kappa shape index (κ2) is 9.71. The SMILES string of the molecule is CC(C)(C)OC(=O)NC(CC(O)=C1C(=O)OC(C)(C)OC1=O)C(=O)OCc1ccccc1. The summed E-state index contributed by atoms with van der Waals surface area (Å²) in [4.78, 5) is 49.2.